The van der Waals surface area contributed by atoms with E-state index in [0.29, 0.717) is 23.2 Å². The average Bonchev–Trinajstić information content (AvgIpc) is 2.65. The lowest BCUT2D eigenvalue weighted by Crippen LogP contribution is -2.33. The molecule has 0 bridgehead atoms. The van der Waals surface area contributed by atoms with Crippen LogP contribution in [0.5, 0.6) is 0 Å². The largest absolute Gasteiger partial charge is 0.481 e. The Kier molecular flexibility index (Phi) is 6.84. The fraction of sp³-hybridized carbons (Fsp3) is 0.263. The van der Waals surface area contributed by atoms with Crippen LogP contribution in [0.25, 0.3) is 0 Å². The van der Waals surface area contributed by atoms with Gasteiger partial charge in [-0.25, -0.2) is 0 Å². The smallest absolute Gasteiger partial charge is 0.308 e. The number of anilines is 1. The zero-order chi connectivity index (χ0) is 18.9. The lowest BCUT2D eigenvalue weighted by atomic mass is 10.0. The highest BCUT2D eigenvalue weighted by atomic mass is 16.4. The second-order valence-corrected chi connectivity index (χ2v) is 5.81. The molecule has 0 aliphatic carbocycles. The summed E-state index contributed by atoms with van der Waals surface area (Å²) in [5, 5.41) is 14.5. The topological polar surface area (TPSA) is 108 Å². The molecule has 1 atom stereocenters. The van der Waals surface area contributed by atoms with Gasteiger partial charge in [-0.1, -0.05) is 19.4 Å². The molecule has 7 heteroatoms. The molecule has 1 aromatic carbocycles. The predicted molar refractivity (Wildman–Crippen MR) is 97.0 cm³/mol. The first-order valence-electron chi connectivity index (χ1n) is 8.33. The molecule has 0 spiro atoms. The molecule has 1 heterocycles. The van der Waals surface area contributed by atoms with Gasteiger partial charge < -0.3 is 15.7 Å². The molecule has 1 unspecified atom stereocenters. The van der Waals surface area contributed by atoms with Crippen molar-refractivity contribution in [3.05, 3.63) is 59.9 Å². The molecule has 26 heavy (non-hydrogen) atoms. The van der Waals surface area contributed by atoms with Gasteiger partial charge in [-0.2, -0.15) is 0 Å². The third-order valence-corrected chi connectivity index (χ3v) is 3.80. The fourth-order valence-electron chi connectivity index (χ4n) is 2.42. The number of carbonyl (C=O) groups excluding carboxylic acids is 2. The van der Waals surface area contributed by atoms with Crippen molar-refractivity contribution in [1.82, 2.24) is 10.3 Å². The van der Waals surface area contributed by atoms with E-state index >= 15 is 0 Å². The van der Waals surface area contributed by atoms with Crippen molar-refractivity contribution in [3.63, 3.8) is 0 Å². The van der Waals surface area contributed by atoms with Crippen molar-refractivity contribution in [2.75, 3.05) is 11.9 Å². The van der Waals surface area contributed by atoms with Gasteiger partial charge in [0.05, 0.1) is 11.5 Å². The number of hydrogen-bond acceptors (Lipinski definition) is 4. The SMILES string of the molecule is CCCC(CNC(=O)c1cccc(NC(=O)c2cccnc2)c1)C(=O)O. The number of benzene rings is 1. The second-order valence-electron chi connectivity index (χ2n) is 5.81. The summed E-state index contributed by atoms with van der Waals surface area (Å²) in [6.45, 7) is 1.96. The molecule has 0 aliphatic heterocycles. The molecule has 2 amide bonds. The van der Waals surface area contributed by atoms with E-state index in [0.717, 1.165) is 6.42 Å². The molecule has 0 fully saturated rings. The van der Waals surface area contributed by atoms with E-state index in [1.54, 1.807) is 42.6 Å². The first-order chi connectivity index (χ1) is 12.5. The molecule has 0 radical (unpaired) electrons. The Morgan fingerprint density at radius 2 is 1.88 bits per heavy atom. The normalized spacial score (nSPS) is 11.4. The predicted octanol–water partition coefficient (Wildman–Crippen LogP) is 2.56. The minimum atomic E-state index is -0.926. The number of aliphatic carboxylic acids is 1. The molecule has 2 aromatic rings. The average molecular weight is 355 g/mol. The van der Waals surface area contributed by atoms with Crippen LogP contribution in [0.3, 0.4) is 0 Å². The van der Waals surface area contributed by atoms with Crippen molar-refractivity contribution in [2.45, 2.75) is 19.8 Å². The van der Waals surface area contributed by atoms with Crippen LogP contribution >= 0.6 is 0 Å². The van der Waals surface area contributed by atoms with Gasteiger partial charge in [-0.3, -0.25) is 19.4 Å². The number of carboxylic acid groups (broad SMARTS) is 1. The third-order valence-electron chi connectivity index (χ3n) is 3.80. The van der Waals surface area contributed by atoms with Gasteiger partial charge in [-0.05, 0) is 36.8 Å². The number of carboxylic acids is 1. The molecule has 0 saturated heterocycles. The molecule has 7 nitrogen and oxygen atoms in total. The number of hydrogen-bond donors (Lipinski definition) is 3. The maximum Gasteiger partial charge on any atom is 0.308 e. The van der Waals surface area contributed by atoms with Gasteiger partial charge in [0.2, 0.25) is 0 Å². The molecular formula is C19H21N3O4. The van der Waals surface area contributed by atoms with E-state index in [2.05, 4.69) is 15.6 Å². The van der Waals surface area contributed by atoms with Crippen LogP contribution in [-0.2, 0) is 4.79 Å². The monoisotopic (exact) mass is 355 g/mol. The molecule has 0 saturated carbocycles. The molecule has 1 aromatic heterocycles. The van der Waals surface area contributed by atoms with Crippen LogP contribution in [-0.4, -0.2) is 34.4 Å². The highest BCUT2D eigenvalue weighted by molar-refractivity contribution is 6.04. The minimum Gasteiger partial charge on any atom is -0.481 e. The zero-order valence-corrected chi connectivity index (χ0v) is 14.4. The van der Waals surface area contributed by atoms with Crippen molar-refractivity contribution >= 4 is 23.5 Å². The van der Waals surface area contributed by atoms with Crippen LogP contribution < -0.4 is 10.6 Å². The highest BCUT2D eigenvalue weighted by Gasteiger charge is 2.18. The van der Waals surface area contributed by atoms with Gasteiger partial charge in [0.1, 0.15) is 0 Å². The quantitative estimate of drug-likeness (QED) is 0.674. The summed E-state index contributed by atoms with van der Waals surface area (Å²) < 4.78 is 0. The van der Waals surface area contributed by atoms with E-state index in [-0.39, 0.29) is 18.4 Å². The van der Waals surface area contributed by atoms with Crippen LogP contribution in [0, 0.1) is 5.92 Å². The first kappa shape index (κ1) is 19.1. The summed E-state index contributed by atoms with van der Waals surface area (Å²) in [6.07, 6.45) is 4.25. The Labute approximate surface area is 151 Å². The number of amides is 2. The van der Waals surface area contributed by atoms with Crippen LogP contribution in [0.2, 0.25) is 0 Å². The molecule has 136 valence electrons. The maximum atomic E-state index is 12.3. The summed E-state index contributed by atoms with van der Waals surface area (Å²) in [4.78, 5) is 39.4. The van der Waals surface area contributed by atoms with E-state index in [1.165, 1.54) is 6.20 Å². The first-order valence-corrected chi connectivity index (χ1v) is 8.33. The van der Waals surface area contributed by atoms with Gasteiger partial charge in [0.25, 0.3) is 11.8 Å². The summed E-state index contributed by atoms with van der Waals surface area (Å²) in [6, 6.07) is 9.76. The molecule has 2 rings (SSSR count). The van der Waals surface area contributed by atoms with E-state index in [1.807, 2.05) is 6.92 Å². The van der Waals surface area contributed by atoms with E-state index in [4.69, 9.17) is 5.11 Å². The van der Waals surface area contributed by atoms with E-state index in [9.17, 15) is 14.4 Å². The lowest BCUT2D eigenvalue weighted by molar-refractivity contribution is -0.141. The Bertz CT molecular complexity index is 777. The number of aromatic nitrogens is 1. The standard InChI is InChI=1S/C19H21N3O4/c1-2-5-15(19(25)26)12-21-17(23)13-6-3-8-16(10-13)22-18(24)14-7-4-9-20-11-14/h3-4,6-11,15H,2,5,12H2,1H3,(H,21,23)(H,22,24)(H,25,26). The van der Waals surface area contributed by atoms with E-state index < -0.39 is 11.9 Å². The Morgan fingerprint density at radius 1 is 1.12 bits per heavy atom. The Hall–Kier alpha value is -3.22. The van der Waals surface area contributed by atoms with Gasteiger partial charge in [0, 0.05) is 30.2 Å². The number of rotatable bonds is 8. The molecular weight excluding hydrogens is 334 g/mol. The van der Waals surface area contributed by atoms with Crippen LogP contribution in [0.1, 0.15) is 40.5 Å². The van der Waals surface area contributed by atoms with Crippen LogP contribution in [0.4, 0.5) is 5.69 Å². The third kappa shape index (κ3) is 5.41. The highest BCUT2D eigenvalue weighted by Crippen LogP contribution is 2.13. The summed E-state index contributed by atoms with van der Waals surface area (Å²) >= 11 is 0. The van der Waals surface area contributed by atoms with Crippen LogP contribution in [0.15, 0.2) is 48.8 Å². The summed E-state index contributed by atoms with van der Waals surface area (Å²) in [5.74, 6) is -2.25. The number of pyridine rings is 1. The van der Waals surface area contributed by atoms with Crippen molar-refractivity contribution in [2.24, 2.45) is 5.92 Å². The Morgan fingerprint density at radius 3 is 2.54 bits per heavy atom. The maximum absolute atomic E-state index is 12.3. The van der Waals surface area contributed by atoms with Gasteiger partial charge in [-0.15, -0.1) is 0 Å². The Balaban J connectivity index is 2.00. The minimum absolute atomic E-state index is 0.0638. The van der Waals surface area contributed by atoms with Gasteiger partial charge >= 0.3 is 5.97 Å². The zero-order valence-electron chi connectivity index (χ0n) is 14.4. The summed E-state index contributed by atoms with van der Waals surface area (Å²) in [7, 11) is 0. The van der Waals surface area contributed by atoms with Crippen molar-refractivity contribution < 1.29 is 19.5 Å². The number of carbonyl (C=O) groups is 3. The lowest BCUT2D eigenvalue weighted by Gasteiger charge is -2.13. The van der Waals surface area contributed by atoms with Crippen molar-refractivity contribution in [1.29, 1.82) is 0 Å². The fourth-order valence-corrected chi connectivity index (χ4v) is 2.42. The molecule has 0 aliphatic rings. The van der Waals surface area contributed by atoms with Crippen molar-refractivity contribution in [3.8, 4) is 0 Å². The molecule has 3 N–H and O–H groups in total. The second kappa shape index (κ2) is 9.31. The number of nitrogens with one attached hydrogen (secondary N) is 2. The van der Waals surface area contributed by atoms with Gasteiger partial charge in [0.15, 0.2) is 0 Å². The summed E-state index contributed by atoms with van der Waals surface area (Å²) in [5.41, 5.74) is 1.22. The number of nitrogens with zero attached hydrogens (tertiary/aromatic N) is 1.